The molecule has 1 heterocycles. The topological polar surface area (TPSA) is 36.9 Å². The van der Waals surface area contributed by atoms with Crippen LogP contribution in [0.3, 0.4) is 0 Å². The summed E-state index contributed by atoms with van der Waals surface area (Å²) in [7, 11) is -1.88. The molecule has 3 aromatic rings. The summed E-state index contributed by atoms with van der Waals surface area (Å²) in [6.07, 6.45) is 3.64. The van der Waals surface area contributed by atoms with Crippen molar-refractivity contribution in [3.63, 3.8) is 0 Å². The molecule has 0 fully saturated rings. The number of hydrogen-bond donors (Lipinski definition) is 0. The summed E-state index contributed by atoms with van der Waals surface area (Å²) in [5, 5.41) is 0.155. The molecule has 196 valence electrons. The van der Waals surface area contributed by atoms with Crippen LogP contribution in [0.2, 0.25) is 18.1 Å². The van der Waals surface area contributed by atoms with Crippen LogP contribution in [0.15, 0.2) is 97.1 Å². The van der Waals surface area contributed by atoms with Gasteiger partial charge in [0, 0.05) is 0 Å². The first-order valence-corrected chi connectivity index (χ1v) is 16.0. The van der Waals surface area contributed by atoms with E-state index in [0.29, 0.717) is 19.8 Å². The van der Waals surface area contributed by atoms with Crippen molar-refractivity contribution in [2.24, 2.45) is 0 Å². The average molecular weight is 517 g/mol. The van der Waals surface area contributed by atoms with Gasteiger partial charge in [-0.3, -0.25) is 0 Å². The van der Waals surface area contributed by atoms with E-state index >= 15 is 0 Å². The highest BCUT2D eigenvalue weighted by Crippen LogP contribution is 2.38. The standard InChI is InChI=1S/C32H40O4Si/c1-32(2,3)37(4,5)36-28-18-16-27(17-19-28)29-20-21-30(34-23-26-14-10-7-11-15-26)31(35-29)24-33-22-25-12-8-6-9-13-25/h6-21,29-31H,22-24H2,1-5H3/t29-,30-,31+/m0/s1. The third kappa shape index (κ3) is 7.65. The fraction of sp³-hybridized carbons (Fsp3) is 0.375. The molecule has 3 atom stereocenters. The van der Waals surface area contributed by atoms with Gasteiger partial charge in [0.05, 0.1) is 19.8 Å². The van der Waals surface area contributed by atoms with E-state index in [2.05, 4.69) is 94.5 Å². The van der Waals surface area contributed by atoms with E-state index in [1.165, 1.54) is 0 Å². The molecule has 0 saturated heterocycles. The molecule has 0 bridgehead atoms. The van der Waals surface area contributed by atoms with Gasteiger partial charge < -0.3 is 18.6 Å². The van der Waals surface area contributed by atoms with Gasteiger partial charge in [-0.05, 0) is 47.0 Å². The van der Waals surface area contributed by atoms with E-state index in [9.17, 15) is 0 Å². The monoisotopic (exact) mass is 516 g/mol. The molecule has 0 saturated carbocycles. The molecule has 4 nitrogen and oxygen atoms in total. The smallest absolute Gasteiger partial charge is 0.250 e. The minimum atomic E-state index is -1.88. The molecule has 0 amide bonds. The first-order valence-electron chi connectivity index (χ1n) is 13.1. The Hall–Kier alpha value is -2.70. The maximum absolute atomic E-state index is 6.54. The number of rotatable bonds is 10. The summed E-state index contributed by atoms with van der Waals surface area (Å²) >= 11 is 0. The molecule has 0 radical (unpaired) electrons. The Morgan fingerprint density at radius 2 is 1.35 bits per heavy atom. The summed E-state index contributed by atoms with van der Waals surface area (Å²) in [6.45, 7) is 12.8. The van der Waals surface area contributed by atoms with Crippen LogP contribution >= 0.6 is 0 Å². The third-order valence-electron chi connectivity index (χ3n) is 7.23. The summed E-state index contributed by atoms with van der Waals surface area (Å²) in [5.41, 5.74) is 3.37. The van der Waals surface area contributed by atoms with E-state index < -0.39 is 8.32 Å². The second-order valence-corrected chi connectivity index (χ2v) is 15.9. The van der Waals surface area contributed by atoms with Crippen LogP contribution in [0.4, 0.5) is 0 Å². The van der Waals surface area contributed by atoms with Crippen molar-refractivity contribution in [1.82, 2.24) is 0 Å². The van der Waals surface area contributed by atoms with Gasteiger partial charge >= 0.3 is 0 Å². The van der Waals surface area contributed by atoms with Crippen LogP contribution < -0.4 is 4.43 Å². The second-order valence-electron chi connectivity index (χ2n) is 11.2. The fourth-order valence-electron chi connectivity index (χ4n) is 3.94. The molecule has 4 rings (SSSR count). The quantitative estimate of drug-likeness (QED) is 0.203. The summed E-state index contributed by atoms with van der Waals surface area (Å²) in [4.78, 5) is 0. The van der Waals surface area contributed by atoms with Crippen LogP contribution in [0.25, 0.3) is 0 Å². The fourth-order valence-corrected chi connectivity index (χ4v) is 4.97. The van der Waals surface area contributed by atoms with Gasteiger partial charge in [0.1, 0.15) is 24.1 Å². The van der Waals surface area contributed by atoms with Crippen molar-refractivity contribution in [2.45, 2.75) is 70.4 Å². The second kappa shape index (κ2) is 12.2. The zero-order valence-corrected chi connectivity index (χ0v) is 23.7. The van der Waals surface area contributed by atoms with E-state index in [4.69, 9.17) is 18.6 Å². The summed E-state index contributed by atoms with van der Waals surface area (Å²) < 4.78 is 25.3. The molecular weight excluding hydrogens is 476 g/mol. The van der Waals surface area contributed by atoms with Crippen molar-refractivity contribution in [1.29, 1.82) is 0 Å². The Morgan fingerprint density at radius 3 is 1.95 bits per heavy atom. The molecule has 5 heteroatoms. The molecule has 0 spiro atoms. The minimum Gasteiger partial charge on any atom is -0.544 e. The third-order valence-corrected chi connectivity index (χ3v) is 11.6. The van der Waals surface area contributed by atoms with Gasteiger partial charge in [-0.2, -0.15) is 0 Å². The number of ether oxygens (including phenoxy) is 3. The highest BCUT2D eigenvalue weighted by Gasteiger charge is 2.39. The van der Waals surface area contributed by atoms with Crippen molar-refractivity contribution >= 4 is 8.32 Å². The van der Waals surface area contributed by atoms with Gasteiger partial charge in [0.25, 0.3) is 0 Å². The lowest BCUT2D eigenvalue weighted by Gasteiger charge is -2.36. The summed E-state index contributed by atoms with van der Waals surface area (Å²) in [5.74, 6) is 0.918. The Morgan fingerprint density at radius 1 is 0.757 bits per heavy atom. The van der Waals surface area contributed by atoms with E-state index in [0.717, 1.165) is 22.4 Å². The zero-order chi connectivity index (χ0) is 26.3. The molecule has 0 aromatic heterocycles. The Bertz CT molecular complexity index is 1120. The van der Waals surface area contributed by atoms with Gasteiger partial charge in [-0.1, -0.05) is 106 Å². The van der Waals surface area contributed by atoms with Crippen molar-refractivity contribution in [2.75, 3.05) is 6.61 Å². The Kier molecular flexibility index (Phi) is 9.03. The molecule has 1 aliphatic rings. The lowest BCUT2D eigenvalue weighted by molar-refractivity contribution is -0.120. The van der Waals surface area contributed by atoms with Gasteiger partial charge in [0.2, 0.25) is 8.32 Å². The van der Waals surface area contributed by atoms with Crippen LogP contribution in [0, 0.1) is 0 Å². The van der Waals surface area contributed by atoms with E-state index in [-0.39, 0.29) is 23.4 Å². The van der Waals surface area contributed by atoms with Crippen LogP contribution in [0.5, 0.6) is 5.75 Å². The minimum absolute atomic E-state index is 0.155. The average Bonchev–Trinajstić information content (AvgIpc) is 2.89. The first-order chi connectivity index (χ1) is 17.7. The molecular formula is C32H40O4Si. The lowest BCUT2D eigenvalue weighted by atomic mass is 10.0. The first kappa shape index (κ1) is 27.3. The van der Waals surface area contributed by atoms with Crippen molar-refractivity contribution in [3.05, 3.63) is 114 Å². The number of benzene rings is 3. The molecule has 0 unspecified atom stereocenters. The zero-order valence-electron chi connectivity index (χ0n) is 22.7. The van der Waals surface area contributed by atoms with Crippen molar-refractivity contribution in [3.8, 4) is 5.75 Å². The maximum Gasteiger partial charge on any atom is 0.250 e. The van der Waals surface area contributed by atoms with Gasteiger partial charge in [0.15, 0.2) is 0 Å². The van der Waals surface area contributed by atoms with Crippen molar-refractivity contribution < 1.29 is 18.6 Å². The Labute approximate surface area is 223 Å². The number of hydrogen-bond acceptors (Lipinski definition) is 4. The molecule has 1 aliphatic heterocycles. The largest absolute Gasteiger partial charge is 0.544 e. The lowest BCUT2D eigenvalue weighted by Crippen LogP contribution is -2.43. The van der Waals surface area contributed by atoms with Crippen LogP contribution in [0.1, 0.15) is 43.6 Å². The molecule has 37 heavy (non-hydrogen) atoms. The molecule has 3 aromatic carbocycles. The van der Waals surface area contributed by atoms with Crippen LogP contribution in [-0.2, 0) is 27.4 Å². The predicted molar refractivity (Wildman–Crippen MR) is 152 cm³/mol. The van der Waals surface area contributed by atoms with Gasteiger partial charge in [-0.15, -0.1) is 0 Å². The molecule has 0 N–H and O–H groups in total. The SMILES string of the molecule is CC(C)(C)[Si](C)(C)Oc1ccc([C@@H]2C=C[C@H](OCc3ccccc3)[C@@H](COCc3ccccc3)O2)cc1. The van der Waals surface area contributed by atoms with E-state index in [1.54, 1.807) is 0 Å². The highest BCUT2D eigenvalue weighted by atomic mass is 28.4. The van der Waals surface area contributed by atoms with Crippen LogP contribution in [-0.4, -0.2) is 27.1 Å². The van der Waals surface area contributed by atoms with E-state index in [1.807, 2.05) is 36.4 Å². The predicted octanol–water partition coefficient (Wildman–Crippen LogP) is 7.87. The Balaban J connectivity index is 1.43. The summed E-state index contributed by atoms with van der Waals surface area (Å²) in [6, 6.07) is 28.8. The highest BCUT2D eigenvalue weighted by molar-refractivity contribution is 6.74. The molecule has 0 aliphatic carbocycles. The normalized spacial score (nSPS) is 20.1. The van der Waals surface area contributed by atoms with Gasteiger partial charge in [-0.25, -0.2) is 0 Å². The maximum atomic E-state index is 6.54.